The molecule has 132 valence electrons. The van der Waals surface area contributed by atoms with Gasteiger partial charge in [0, 0.05) is 23.8 Å². The lowest BCUT2D eigenvalue weighted by Crippen LogP contribution is -2.55. The summed E-state index contributed by atoms with van der Waals surface area (Å²) in [5.41, 5.74) is 0.682. The molecule has 3 saturated carbocycles. The van der Waals surface area contributed by atoms with Crippen LogP contribution in [0.25, 0.3) is 0 Å². The van der Waals surface area contributed by atoms with Crippen LogP contribution in [0.15, 0.2) is 36.0 Å². The van der Waals surface area contributed by atoms with Gasteiger partial charge in [0.2, 0.25) is 0 Å². The Labute approximate surface area is 155 Å². The van der Waals surface area contributed by atoms with Crippen molar-refractivity contribution in [1.82, 2.24) is 0 Å². The van der Waals surface area contributed by atoms with E-state index < -0.39 is 5.60 Å². The molecule has 2 radical (unpaired) electrons. The maximum Gasteiger partial charge on any atom is 0.331 e. The molecule has 0 aromatic rings. The second-order valence-corrected chi connectivity index (χ2v) is 9.33. The minimum absolute atomic E-state index is 0.111. The van der Waals surface area contributed by atoms with Gasteiger partial charge in [-0.2, -0.15) is 0 Å². The van der Waals surface area contributed by atoms with Crippen LogP contribution in [0, 0.1) is 40.9 Å². The molecule has 0 aromatic heterocycles. The van der Waals surface area contributed by atoms with E-state index in [0.717, 1.165) is 25.7 Å². The first-order valence-electron chi connectivity index (χ1n) is 10.1. The lowest BCUT2D eigenvalue weighted by Gasteiger charge is -2.56. The molecule has 6 aliphatic rings. The second-order valence-electron chi connectivity index (χ2n) is 9.33. The first-order valence-corrected chi connectivity index (χ1v) is 10.1. The van der Waals surface area contributed by atoms with Gasteiger partial charge in [0.05, 0.1) is 7.85 Å². The first-order chi connectivity index (χ1) is 12.6. The Morgan fingerprint density at radius 3 is 2.85 bits per heavy atom. The third kappa shape index (κ3) is 1.63. The van der Waals surface area contributed by atoms with Gasteiger partial charge in [0.15, 0.2) is 5.78 Å². The van der Waals surface area contributed by atoms with E-state index in [2.05, 4.69) is 18.2 Å². The van der Waals surface area contributed by atoms with Gasteiger partial charge in [-0.05, 0) is 73.0 Å². The number of esters is 1. The lowest BCUT2D eigenvalue weighted by molar-refractivity contribution is -0.165. The molecular formula is C22H23BO3. The lowest BCUT2D eigenvalue weighted by atomic mass is 9.47. The summed E-state index contributed by atoms with van der Waals surface area (Å²) in [6, 6.07) is 0. The number of fused-ring (bicyclic) bond motifs is 9. The van der Waals surface area contributed by atoms with E-state index in [9.17, 15) is 9.59 Å². The Morgan fingerprint density at radius 2 is 2.08 bits per heavy atom. The number of ketones is 1. The largest absolute Gasteiger partial charge is 0.451 e. The molecule has 3 fully saturated rings. The highest BCUT2D eigenvalue weighted by atomic mass is 16.6. The van der Waals surface area contributed by atoms with Crippen molar-refractivity contribution in [1.29, 1.82) is 0 Å². The van der Waals surface area contributed by atoms with Crippen molar-refractivity contribution in [3.63, 3.8) is 0 Å². The van der Waals surface area contributed by atoms with Crippen molar-refractivity contribution in [2.75, 3.05) is 0 Å². The van der Waals surface area contributed by atoms with Crippen molar-refractivity contribution >= 4 is 19.6 Å². The predicted octanol–water partition coefficient (Wildman–Crippen LogP) is 3.18. The molecule has 1 heterocycles. The van der Waals surface area contributed by atoms with E-state index in [1.165, 1.54) is 5.57 Å². The van der Waals surface area contributed by atoms with Crippen LogP contribution in [0.3, 0.4) is 0 Å². The maximum absolute atomic E-state index is 12.0. The minimum atomic E-state index is -0.453. The predicted molar refractivity (Wildman–Crippen MR) is 97.2 cm³/mol. The number of rotatable bonds is 1. The van der Waals surface area contributed by atoms with Crippen LogP contribution in [-0.4, -0.2) is 25.2 Å². The van der Waals surface area contributed by atoms with Gasteiger partial charge in [-0.1, -0.05) is 18.5 Å². The maximum atomic E-state index is 12.0. The van der Waals surface area contributed by atoms with Crippen LogP contribution < -0.4 is 0 Å². The second kappa shape index (κ2) is 4.82. The van der Waals surface area contributed by atoms with Gasteiger partial charge in [-0.25, -0.2) is 4.79 Å². The normalized spacial score (nSPS) is 52.8. The molecule has 6 rings (SSSR count). The Kier molecular flexibility index (Phi) is 2.87. The van der Waals surface area contributed by atoms with E-state index >= 15 is 0 Å². The van der Waals surface area contributed by atoms with Crippen LogP contribution in [0.1, 0.15) is 32.1 Å². The van der Waals surface area contributed by atoms with Crippen molar-refractivity contribution in [2.45, 2.75) is 44.0 Å². The molecule has 0 bridgehead atoms. The van der Waals surface area contributed by atoms with Gasteiger partial charge >= 0.3 is 5.97 Å². The zero-order chi connectivity index (χ0) is 17.7. The highest BCUT2D eigenvalue weighted by Gasteiger charge is 2.78. The fourth-order valence-corrected chi connectivity index (χ4v) is 7.75. The monoisotopic (exact) mass is 346 g/mol. The zero-order valence-corrected chi connectivity index (χ0v) is 14.9. The zero-order valence-electron chi connectivity index (χ0n) is 14.9. The highest BCUT2D eigenvalue weighted by Crippen LogP contribution is 2.78. The number of allylic oxidation sites excluding steroid dienone is 4. The molecule has 5 aliphatic carbocycles. The number of carbonyl (C=O) groups is 2. The highest BCUT2D eigenvalue weighted by molar-refractivity contribution is 6.09. The summed E-state index contributed by atoms with van der Waals surface area (Å²) < 4.78 is 6.02. The number of ether oxygens (including phenoxy) is 1. The van der Waals surface area contributed by atoms with Crippen molar-refractivity contribution in [3.05, 3.63) is 36.0 Å². The first kappa shape index (κ1) is 15.5. The SMILES string of the molecule is [B]CC12CCC3C4CCC(=O)C=C4C=CC3C1C1CC1C21C=CC(=O)O1. The summed E-state index contributed by atoms with van der Waals surface area (Å²) >= 11 is 0. The van der Waals surface area contributed by atoms with E-state index in [1.54, 1.807) is 6.08 Å². The summed E-state index contributed by atoms with van der Waals surface area (Å²) in [5.74, 6) is 3.30. The van der Waals surface area contributed by atoms with Gasteiger partial charge in [-0.3, -0.25) is 4.79 Å². The fraction of sp³-hybridized carbons (Fsp3) is 0.636. The summed E-state index contributed by atoms with van der Waals surface area (Å²) in [6.45, 7) is 0. The standard InChI is InChI=1S/C22H23BO3/c23-11-21-7-5-15-14-4-2-13(24)9-12(14)1-3-16(15)20(21)17-10-18(17)22(21)8-6-19(25)26-22/h1,3,6,8-9,14-18,20H,2,4-5,7,10-11H2. The van der Waals surface area contributed by atoms with Crippen LogP contribution in [0.5, 0.6) is 0 Å². The van der Waals surface area contributed by atoms with Crippen LogP contribution in [-0.2, 0) is 14.3 Å². The van der Waals surface area contributed by atoms with Crippen molar-refractivity contribution in [2.24, 2.45) is 40.9 Å². The van der Waals surface area contributed by atoms with E-state index in [-0.39, 0.29) is 17.2 Å². The average Bonchev–Trinajstić information content (AvgIpc) is 3.29. The number of hydrogen-bond donors (Lipinski definition) is 0. The van der Waals surface area contributed by atoms with Gasteiger partial charge in [-0.15, -0.1) is 0 Å². The molecule has 0 N–H and O–H groups in total. The average molecular weight is 346 g/mol. The Bertz CT molecular complexity index is 810. The Hall–Kier alpha value is -1.58. The smallest absolute Gasteiger partial charge is 0.331 e. The molecule has 26 heavy (non-hydrogen) atoms. The molecule has 8 unspecified atom stereocenters. The topological polar surface area (TPSA) is 43.4 Å². The minimum Gasteiger partial charge on any atom is -0.451 e. The molecule has 1 aliphatic heterocycles. The Balaban J connectivity index is 1.44. The van der Waals surface area contributed by atoms with Crippen molar-refractivity contribution < 1.29 is 14.3 Å². The van der Waals surface area contributed by atoms with Crippen LogP contribution in [0.4, 0.5) is 0 Å². The quantitative estimate of drug-likeness (QED) is 0.541. The third-order valence-corrected chi connectivity index (χ3v) is 8.69. The van der Waals surface area contributed by atoms with Gasteiger partial charge < -0.3 is 4.74 Å². The van der Waals surface area contributed by atoms with Gasteiger partial charge in [0.1, 0.15) is 5.60 Å². The molecule has 3 nitrogen and oxygen atoms in total. The molecule has 0 amide bonds. The Morgan fingerprint density at radius 1 is 1.19 bits per heavy atom. The van der Waals surface area contributed by atoms with Crippen LogP contribution in [0.2, 0.25) is 6.32 Å². The van der Waals surface area contributed by atoms with Gasteiger partial charge in [0.25, 0.3) is 0 Å². The summed E-state index contributed by atoms with van der Waals surface area (Å²) in [5, 5.41) is 0. The third-order valence-electron chi connectivity index (χ3n) is 8.69. The van der Waals surface area contributed by atoms with Crippen LogP contribution >= 0.6 is 0 Å². The summed E-state index contributed by atoms with van der Waals surface area (Å²) in [4.78, 5) is 23.8. The van der Waals surface area contributed by atoms with E-state index in [0.29, 0.717) is 48.2 Å². The number of hydrogen-bond acceptors (Lipinski definition) is 3. The number of carbonyl (C=O) groups excluding carboxylic acids is 2. The molecule has 0 saturated heterocycles. The van der Waals surface area contributed by atoms with Crippen molar-refractivity contribution in [3.8, 4) is 0 Å². The molecule has 8 atom stereocenters. The summed E-state index contributed by atoms with van der Waals surface area (Å²) in [6.07, 6.45) is 15.7. The molecule has 4 heteroatoms. The fourth-order valence-electron chi connectivity index (χ4n) is 7.75. The molecule has 0 aromatic carbocycles. The van der Waals surface area contributed by atoms with E-state index in [1.807, 2.05) is 6.08 Å². The molecular weight excluding hydrogens is 323 g/mol. The molecule has 1 spiro atoms. The van der Waals surface area contributed by atoms with E-state index in [4.69, 9.17) is 12.6 Å². The summed E-state index contributed by atoms with van der Waals surface area (Å²) in [7, 11) is 6.43.